The highest BCUT2D eigenvalue weighted by atomic mass is 35.5. The molecule has 0 aromatic heterocycles. The van der Waals surface area contributed by atoms with Crippen molar-refractivity contribution < 1.29 is 4.39 Å². The average molecular weight is 255 g/mol. The first kappa shape index (κ1) is 11.5. The molecule has 1 aliphatic carbocycles. The van der Waals surface area contributed by atoms with Gasteiger partial charge in [-0.3, -0.25) is 4.90 Å². The van der Waals surface area contributed by atoms with Gasteiger partial charge in [-0.05, 0) is 49.5 Å². The molecule has 2 nitrogen and oxygen atoms in total. The third kappa shape index (κ3) is 1.77. The number of halogens is 2. The molecule has 0 unspecified atom stereocenters. The molecule has 1 saturated heterocycles. The summed E-state index contributed by atoms with van der Waals surface area (Å²) in [6.07, 6.45) is 3.37. The largest absolute Gasteiger partial charge is 0.323 e. The van der Waals surface area contributed by atoms with E-state index >= 15 is 0 Å². The molecular weight excluding hydrogens is 239 g/mol. The molecule has 3 rings (SSSR count). The Labute approximate surface area is 106 Å². The molecule has 4 heteroatoms. The summed E-state index contributed by atoms with van der Waals surface area (Å²) in [6.45, 7) is 2.21. The van der Waals surface area contributed by atoms with E-state index in [0.717, 1.165) is 30.6 Å². The van der Waals surface area contributed by atoms with Gasteiger partial charge in [0, 0.05) is 12.1 Å². The minimum Gasteiger partial charge on any atom is -0.323 e. The minimum atomic E-state index is -0.358. The molecule has 0 radical (unpaired) electrons. The quantitative estimate of drug-likeness (QED) is 0.834. The maximum Gasteiger partial charge on any atom is 0.142 e. The fraction of sp³-hybridized carbons (Fsp3) is 0.538. The highest BCUT2D eigenvalue weighted by molar-refractivity contribution is 6.31. The van der Waals surface area contributed by atoms with E-state index in [1.165, 1.54) is 18.9 Å². The summed E-state index contributed by atoms with van der Waals surface area (Å²) in [4.78, 5) is 2.42. The van der Waals surface area contributed by atoms with Crippen LogP contribution in [0.1, 0.15) is 30.0 Å². The van der Waals surface area contributed by atoms with Crippen LogP contribution in [-0.4, -0.2) is 24.0 Å². The third-order valence-electron chi connectivity index (χ3n) is 4.01. The molecule has 0 saturated carbocycles. The predicted octanol–water partition coefficient (Wildman–Crippen LogP) is 2.50. The Morgan fingerprint density at radius 1 is 1.29 bits per heavy atom. The van der Waals surface area contributed by atoms with Gasteiger partial charge in [0.25, 0.3) is 0 Å². The van der Waals surface area contributed by atoms with Crippen LogP contribution in [0.25, 0.3) is 0 Å². The van der Waals surface area contributed by atoms with E-state index in [2.05, 4.69) is 4.90 Å². The second-order valence-corrected chi connectivity index (χ2v) is 5.35. The number of hydrogen-bond donors (Lipinski definition) is 1. The first-order valence-corrected chi connectivity index (χ1v) is 6.52. The standard InChI is InChI=1S/C13H16ClFN2/c14-12-9(15)4-3-8-7-10(13(16)11(8)12)17-5-1-2-6-17/h3-4,10,13H,1-2,5-7,16H2/t10-,13+/m1/s1. The Morgan fingerprint density at radius 2 is 2.00 bits per heavy atom. The summed E-state index contributed by atoms with van der Waals surface area (Å²) in [5.74, 6) is -0.358. The van der Waals surface area contributed by atoms with Crippen molar-refractivity contribution in [2.45, 2.75) is 31.3 Å². The fourth-order valence-corrected chi connectivity index (χ4v) is 3.43. The van der Waals surface area contributed by atoms with Crippen molar-refractivity contribution in [3.8, 4) is 0 Å². The van der Waals surface area contributed by atoms with Crippen LogP contribution in [-0.2, 0) is 6.42 Å². The number of nitrogens with zero attached hydrogens (tertiary/aromatic N) is 1. The molecule has 92 valence electrons. The van der Waals surface area contributed by atoms with Gasteiger partial charge in [0.1, 0.15) is 5.82 Å². The summed E-state index contributed by atoms with van der Waals surface area (Å²) < 4.78 is 13.5. The van der Waals surface area contributed by atoms with Gasteiger partial charge in [-0.25, -0.2) is 4.39 Å². The van der Waals surface area contributed by atoms with Gasteiger partial charge < -0.3 is 5.73 Å². The molecule has 0 amide bonds. The molecule has 2 aliphatic rings. The Hall–Kier alpha value is -0.640. The molecule has 1 aromatic carbocycles. The summed E-state index contributed by atoms with van der Waals surface area (Å²) >= 11 is 6.03. The van der Waals surface area contributed by atoms with Crippen LogP contribution in [0.2, 0.25) is 5.02 Å². The van der Waals surface area contributed by atoms with E-state index in [1.54, 1.807) is 0 Å². The molecule has 1 aromatic rings. The van der Waals surface area contributed by atoms with Crippen molar-refractivity contribution in [2.24, 2.45) is 5.73 Å². The zero-order valence-corrected chi connectivity index (χ0v) is 10.4. The monoisotopic (exact) mass is 254 g/mol. The van der Waals surface area contributed by atoms with Crippen molar-refractivity contribution in [1.29, 1.82) is 0 Å². The van der Waals surface area contributed by atoms with E-state index in [9.17, 15) is 4.39 Å². The Bertz CT molecular complexity index is 443. The van der Waals surface area contributed by atoms with Gasteiger partial charge in [0.15, 0.2) is 0 Å². The van der Waals surface area contributed by atoms with E-state index in [0.29, 0.717) is 6.04 Å². The minimum absolute atomic E-state index is 0.147. The Morgan fingerprint density at radius 3 is 2.71 bits per heavy atom. The van der Waals surface area contributed by atoms with Gasteiger partial charge >= 0.3 is 0 Å². The molecule has 0 bridgehead atoms. The van der Waals surface area contributed by atoms with Crippen molar-refractivity contribution in [3.05, 3.63) is 34.1 Å². The second kappa shape index (κ2) is 4.23. The zero-order chi connectivity index (χ0) is 12.0. The van der Waals surface area contributed by atoms with Crippen LogP contribution in [0, 0.1) is 5.82 Å². The van der Waals surface area contributed by atoms with Crippen molar-refractivity contribution >= 4 is 11.6 Å². The zero-order valence-electron chi connectivity index (χ0n) is 9.63. The van der Waals surface area contributed by atoms with Crippen LogP contribution in [0.5, 0.6) is 0 Å². The van der Waals surface area contributed by atoms with Crippen LogP contribution in [0.4, 0.5) is 4.39 Å². The lowest BCUT2D eigenvalue weighted by Gasteiger charge is -2.27. The summed E-state index contributed by atoms with van der Waals surface area (Å²) in [5, 5.41) is 0.219. The summed E-state index contributed by atoms with van der Waals surface area (Å²) in [6, 6.07) is 3.42. The molecule has 0 spiro atoms. The lowest BCUT2D eigenvalue weighted by atomic mass is 10.1. The molecule has 1 aliphatic heterocycles. The van der Waals surface area contributed by atoms with E-state index in [4.69, 9.17) is 17.3 Å². The van der Waals surface area contributed by atoms with Gasteiger partial charge in [-0.2, -0.15) is 0 Å². The predicted molar refractivity (Wildman–Crippen MR) is 66.6 cm³/mol. The second-order valence-electron chi connectivity index (χ2n) is 4.97. The maximum absolute atomic E-state index is 13.5. The molecule has 2 N–H and O–H groups in total. The molecular formula is C13H16ClFN2. The number of benzene rings is 1. The molecule has 1 heterocycles. The number of nitrogens with two attached hydrogens (primary N) is 1. The smallest absolute Gasteiger partial charge is 0.142 e. The number of fused-ring (bicyclic) bond motifs is 1. The Kier molecular flexibility index (Phi) is 2.85. The third-order valence-corrected chi connectivity index (χ3v) is 4.39. The van der Waals surface area contributed by atoms with Crippen molar-refractivity contribution in [2.75, 3.05) is 13.1 Å². The molecule has 2 atom stereocenters. The molecule has 17 heavy (non-hydrogen) atoms. The van der Waals surface area contributed by atoms with Crippen LogP contribution >= 0.6 is 11.6 Å². The Balaban J connectivity index is 1.94. The summed E-state index contributed by atoms with van der Waals surface area (Å²) in [5.41, 5.74) is 8.18. The van der Waals surface area contributed by atoms with Crippen molar-refractivity contribution in [3.63, 3.8) is 0 Å². The van der Waals surface area contributed by atoms with E-state index < -0.39 is 0 Å². The van der Waals surface area contributed by atoms with E-state index in [1.807, 2.05) is 6.07 Å². The number of likely N-dealkylation sites (tertiary alicyclic amines) is 1. The summed E-state index contributed by atoms with van der Waals surface area (Å²) in [7, 11) is 0. The number of rotatable bonds is 1. The van der Waals surface area contributed by atoms with Crippen molar-refractivity contribution in [1.82, 2.24) is 4.90 Å². The van der Waals surface area contributed by atoms with Gasteiger partial charge in [-0.15, -0.1) is 0 Å². The average Bonchev–Trinajstić information content (AvgIpc) is 2.91. The van der Waals surface area contributed by atoms with E-state index in [-0.39, 0.29) is 16.9 Å². The fourth-order valence-electron chi connectivity index (χ4n) is 3.12. The van der Waals surface area contributed by atoms with Crippen LogP contribution in [0.15, 0.2) is 12.1 Å². The first-order chi connectivity index (χ1) is 8.18. The topological polar surface area (TPSA) is 29.3 Å². The van der Waals surface area contributed by atoms with Gasteiger partial charge in [0.05, 0.1) is 5.02 Å². The van der Waals surface area contributed by atoms with Gasteiger partial charge in [-0.1, -0.05) is 17.7 Å². The lowest BCUT2D eigenvalue weighted by Crippen LogP contribution is -2.39. The van der Waals surface area contributed by atoms with Crippen LogP contribution < -0.4 is 5.73 Å². The maximum atomic E-state index is 13.5. The highest BCUT2D eigenvalue weighted by Gasteiger charge is 2.37. The normalized spacial score (nSPS) is 28.6. The highest BCUT2D eigenvalue weighted by Crippen LogP contribution is 2.39. The number of hydrogen-bond acceptors (Lipinski definition) is 2. The first-order valence-electron chi connectivity index (χ1n) is 6.15. The SMILES string of the molecule is N[C@@H]1c2c(ccc(F)c2Cl)C[C@H]1N1CCCC1. The van der Waals surface area contributed by atoms with Crippen LogP contribution in [0.3, 0.4) is 0 Å². The lowest BCUT2D eigenvalue weighted by molar-refractivity contribution is 0.223. The molecule has 1 fully saturated rings. The van der Waals surface area contributed by atoms with Gasteiger partial charge in [0.2, 0.25) is 0 Å².